The lowest BCUT2D eigenvalue weighted by Gasteiger charge is -2.24. The highest BCUT2D eigenvalue weighted by Crippen LogP contribution is 2.45. The van der Waals surface area contributed by atoms with E-state index in [2.05, 4.69) is 13.8 Å². The van der Waals surface area contributed by atoms with Gasteiger partial charge < -0.3 is 0 Å². The molecule has 12 heavy (non-hydrogen) atoms. The van der Waals surface area contributed by atoms with Crippen molar-refractivity contribution in [3.63, 3.8) is 0 Å². The molecule has 70 valence electrons. The van der Waals surface area contributed by atoms with Crippen LogP contribution < -0.4 is 0 Å². The highest BCUT2D eigenvalue weighted by Gasteiger charge is 2.35. The van der Waals surface area contributed by atoms with Crippen LogP contribution in [0.2, 0.25) is 0 Å². The van der Waals surface area contributed by atoms with Gasteiger partial charge in [-0.2, -0.15) is 0 Å². The van der Waals surface area contributed by atoms with E-state index in [-0.39, 0.29) is 0 Å². The van der Waals surface area contributed by atoms with Crippen molar-refractivity contribution in [2.45, 2.75) is 52.4 Å². The van der Waals surface area contributed by atoms with E-state index in [1.165, 1.54) is 25.7 Å². The minimum absolute atomic E-state index is 1.01. The molecule has 0 radical (unpaired) electrons. The lowest BCUT2D eigenvalue weighted by molar-refractivity contribution is 0.254. The van der Waals surface area contributed by atoms with Crippen molar-refractivity contribution in [3.05, 3.63) is 0 Å². The average molecular weight is 166 g/mol. The Labute approximate surface area is 76.7 Å². The lowest BCUT2D eigenvalue weighted by Crippen LogP contribution is -2.16. The second-order valence-electron chi connectivity index (χ2n) is 5.12. The summed E-state index contributed by atoms with van der Waals surface area (Å²) in [6.07, 6.45) is 9.16. The SMILES string of the molecule is C[C@H]1[C@@H](C)CC[C@H]1C1CCCC1. The van der Waals surface area contributed by atoms with E-state index in [1.807, 2.05) is 0 Å². The molecule has 3 atom stereocenters. The Morgan fingerprint density at radius 2 is 1.50 bits per heavy atom. The van der Waals surface area contributed by atoms with Gasteiger partial charge in [-0.05, 0) is 30.1 Å². The molecular formula is C12H22. The maximum atomic E-state index is 2.49. The zero-order valence-corrected chi connectivity index (χ0v) is 8.55. The first-order chi connectivity index (χ1) is 5.79. The zero-order chi connectivity index (χ0) is 8.55. The molecule has 2 saturated carbocycles. The maximum Gasteiger partial charge on any atom is -0.0357 e. The molecule has 0 N–H and O–H groups in total. The summed E-state index contributed by atoms with van der Waals surface area (Å²) >= 11 is 0. The van der Waals surface area contributed by atoms with E-state index in [0.717, 1.165) is 23.7 Å². The Kier molecular flexibility index (Phi) is 2.43. The van der Waals surface area contributed by atoms with Gasteiger partial charge in [-0.15, -0.1) is 0 Å². The van der Waals surface area contributed by atoms with E-state index in [1.54, 1.807) is 12.8 Å². The average Bonchev–Trinajstić information content (AvgIpc) is 2.64. The van der Waals surface area contributed by atoms with Crippen LogP contribution in [0.3, 0.4) is 0 Å². The van der Waals surface area contributed by atoms with Gasteiger partial charge >= 0.3 is 0 Å². The monoisotopic (exact) mass is 166 g/mol. The topological polar surface area (TPSA) is 0 Å². The molecule has 0 amide bonds. The summed E-state index contributed by atoms with van der Waals surface area (Å²) in [4.78, 5) is 0. The summed E-state index contributed by atoms with van der Waals surface area (Å²) in [5, 5.41) is 0. The number of rotatable bonds is 1. The molecular weight excluding hydrogens is 144 g/mol. The van der Waals surface area contributed by atoms with Gasteiger partial charge in [0.25, 0.3) is 0 Å². The standard InChI is InChI=1S/C12H22/c1-9-7-8-12(10(9)2)11-5-3-4-6-11/h9-12H,3-8H2,1-2H3/t9-,10-,12+/m0/s1. The Hall–Kier alpha value is 0. The minimum Gasteiger partial charge on any atom is -0.0622 e. The van der Waals surface area contributed by atoms with E-state index in [9.17, 15) is 0 Å². The molecule has 2 aliphatic carbocycles. The van der Waals surface area contributed by atoms with Crippen molar-refractivity contribution in [2.24, 2.45) is 23.7 Å². The van der Waals surface area contributed by atoms with Crippen LogP contribution in [-0.2, 0) is 0 Å². The summed E-state index contributed by atoms with van der Waals surface area (Å²) in [5.74, 6) is 4.25. The molecule has 2 fully saturated rings. The molecule has 0 heterocycles. The van der Waals surface area contributed by atoms with Crippen LogP contribution in [0.1, 0.15) is 52.4 Å². The third kappa shape index (κ3) is 1.41. The van der Waals surface area contributed by atoms with Crippen LogP contribution in [0, 0.1) is 23.7 Å². The van der Waals surface area contributed by atoms with Gasteiger partial charge in [-0.1, -0.05) is 46.0 Å². The number of hydrogen-bond acceptors (Lipinski definition) is 0. The van der Waals surface area contributed by atoms with Crippen molar-refractivity contribution in [3.8, 4) is 0 Å². The third-order valence-electron chi connectivity index (χ3n) is 4.53. The second kappa shape index (κ2) is 3.40. The number of hydrogen-bond donors (Lipinski definition) is 0. The van der Waals surface area contributed by atoms with Gasteiger partial charge in [-0.3, -0.25) is 0 Å². The Morgan fingerprint density at radius 1 is 0.833 bits per heavy atom. The molecule has 0 saturated heterocycles. The Morgan fingerprint density at radius 3 is 2.00 bits per heavy atom. The summed E-state index contributed by atoms with van der Waals surface area (Å²) in [6, 6.07) is 0. The largest absolute Gasteiger partial charge is 0.0622 e. The Bertz CT molecular complexity index is 144. The molecule has 0 unspecified atom stereocenters. The van der Waals surface area contributed by atoms with Crippen molar-refractivity contribution in [1.82, 2.24) is 0 Å². The highest BCUT2D eigenvalue weighted by atomic mass is 14.4. The fraction of sp³-hybridized carbons (Fsp3) is 1.00. The molecule has 0 aliphatic heterocycles. The van der Waals surface area contributed by atoms with Crippen LogP contribution in [0.15, 0.2) is 0 Å². The molecule has 0 heteroatoms. The minimum atomic E-state index is 1.01. The Balaban J connectivity index is 1.95. The van der Waals surface area contributed by atoms with Crippen LogP contribution in [0.4, 0.5) is 0 Å². The van der Waals surface area contributed by atoms with Crippen LogP contribution in [0.25, 0.3) is 0 Å². The van der Waals surface area contributed by atoms with Gasteiger partial charge in [0.1, 0.15) is 0 Å². The third-order valence-corrected chi connectivity index (χ3v) is 4.53. The molecule has 0 nitrogen and oxygen atoms in total. The molecule has 0 aromatic rings. The fourth-order valence-corrected chi connectivity index (χ4v) is 3.45. The predicted octanol–water partition coefficient (Wildman–Crippen LogP) is 3.86. The molecule has 0 bridgehead atoms. The first-order valence-electron chi connectivity index (χ1n) is 5.79. The van der Waals surface area contributed by atoms with Crippen molar-refractivity contribution in [2.75, 3.05) is 0 Å². The van der Waals surface area contributed by atoms with Crippen LogP contribution in [0.5, 0.6) is 0 Å². The maximum absolute atomic E-state index is 2.49. The van der Waals surface area contributed by atoms with Gasteiger partial charge in [0, 0.05) is 0 Å². The fourth-order valence-electron chi connectivity index (χ4n) is 3.45. The smallest absolute Gasteiger partial charge is 0.0357 e. The lowest BCUT2D eigenvalue weighted by atomic mass is 9.82. The normalized spacial score (nSPS) is 44.0. The van der Waals surface area contributed by atoms with E-state index in [4.69, 9.17) is 0 Å². The predicted molar refractivity (Wildman–Crippen MR) is 53.0 cm³/mol. The second-order valence-corrected chi connectivity index (χ2v) is 5.12. The van der Waals surface area contributed by atoms with Gasteiger partial charge in [-0.25, -0.2) is 0 Å². The van der Waals surface area contributed by atoms with E-state index >= 15 is 0 Å². The zero-order valence-electron chi connectivity index (χ0n) is 8.55. The van der Waals surface area contributed by atoms with Gasteiger partial charge in [0.2, 0.25) is 0 Å². The summed E-state index contributed by atoms with van der Waals surface area (Å²) in [6.45, 7) is 4.93. The molecule has 0 aromatic carbocycles. The van der Waals surface area contributed by atoms with Gasteiger partial charge in [0.05, 0.1) is 0 Å². The van der Waals surface area contributed by atoms with Crippen LogP contribution in [-0.4, -0.2) is 0 Å². The highest BCUT2D eigenvalue weighted by molar-refractivity contribution is 4.86. The van der Waals surface area contributed by atoms with Crippen molar-refractivity contribution >= 4 is 0 Å². The molecule has 0 spiro atoms. The first-order valence-corrected chi connectivity index (χ1v) is 5.79. The summed E-state index contributed by atoms with van der Waals surface area (Å²) in [5.41, 5.74) is 0. The van der Waals surface area contributed by atoms with E-state index in [0.29, 0.717) is 0 Å². The summed E-state index contributed by atoms with van der Waals surface area (Å²) < 4.78 is 0. The van der Waals surface area contributed by atoms with Crippen molar-refractivity contribution in [1.29, 1.82) is 0 Å². The van der Waals surface area contributed by atoms with Crippen molar-refractivity contribution < 1.29 is 0 Å². The van der Waals surface area contributed by atoms with Crippen LogP contribution >= 0.6 is 0 Å². The molecule has 0 aromatic heterocycles. The first kappa shape index (κ1) is 8.59. The summed E-state index contributed by atoms with van der Waals surface area (Å²) in [7, 11) is 0. The molecule has 2 rings (SSSR count). The quantitative estimate of drug-likeness (QED) is 0.555. The van der Waals surface area contributed by atoms with E-state index < -0.39 is 0 Å². The molecule has 2 aliphatic rings. The van der Waals surface area contributed by atoms with Gasteiger partial charge in [0.15, 0.2) is 0 Å².